The van der Waals surface area contributed by atoms with Gasteiger partial charge in [0.15, 0.2) is 5.69 Å². The summed E-state index contributed by atoms with van der Waals surface area (Å²) in [5, 5.41) is 9.54. The van der Waals surface area contributed by atoms with Crippen LogP contribution < -0.4 is 0 Å². The van der Waals surface area contributed by atoms with Gasteiger partial charge in [-0.2, -0.15) is 5.10 Å². The molecular weight excluding hydrogens is 214 g/mol. The molecule has 0 aliphatic heterocycles. The fourth-order valence-electron chi connectivity index (χ4n) is 1.70. The minimum Gasteiger partial charge on any atom is -0.275 e. The van der Waals surface area contributed by atoms with E-state index in [9.17, 15) is 4.91 Å². The van der Waals surface area contributed by atoms with Crippen LogP contribution in [0.5, 0.6) is 0 Å². The summed E-state index contributed by atoms with van der Waals surface area (Å²) in [6.07, 6.45) is 1.43. The maximum absolute atomic E-state index is 10.6. The van der Waals surface area contributed by atoms with Gasteiger partial charge in [0.25, 0.3) is 0 Å². The first-order chi connectivity index (χ1) is 8.02. The van der Waals surface area contributed by atoms with E-state index in [1.165, 1.54) is 11.8 Å². The summed E-state index contributed by atoms with van der Waals surface area (Å²) in [6, 6.07) is 8.07. The van der Waals surface area contributed by atoms with Gasteiger partial charge in [-0.05, 0) is 16.2 Å². The molecule has 0 amide bonds. The van der Waals surface area contributed by atoms with Crippen molar-refractivity contribution in [3.05, 3.63) is 40.9 Å². The number of rotatable bonds is 2. The third-order valence-corrected chi connectivity index (χ3v) is 2.76. The Balaban J connectivity index is 2.39. The summed E-state index contributed by atoms with van der Waals surface area (Å²) in [5.41, 5.74) is 3.30. The normalized spacial score (nSPS) is 11.5. The van der Waals surface area contributed by atoms with Crippen molar-refractivity contribution in [3.63, 3.8) is 0 Å². The smallest absolute Gasteiger partial charge is 0.153 e. The van der Waals surface area contributed by atoms with Crippen molar-refractivity contribution in [2.45, 2.75) is 26.2 Å². The first-order valence-corrected chi connectivity index (χ1v) is 5.50. The predicted molar refractivity (Wildman–Crippen MR) is 68.2 cm³/mol. The van der Waals surface area contributed by atoms with Gasteiger partial charge >= 0.3 is 0 Å². The summed E-state index contributed by atoms with van der Waals surface area (Å²) < 4.78 is 0. The molecule has 1 aromatic carbocycles. The topological polar surface area (TPSA) is 58.1 Å². The van der Waals surface area contributed by atoms with E-state index in [2.05, 4.69) is 48.3 Å². The van der Waals surface area contributed by atoms with E-state index < -0.39 is 0 Å². The average Bonchev–Trinajstić information content (AvgIpc) is 2.76. The largest absolute Gasteiger partial charge is 0.275 e. The zero-order valence-electron chi connectivity index (χ0n) is 10.2. The molecule has 0 aliphatic rings. The van der Waals surface area contributed by atoms with Gasteiger partial charge in [0.05, 0.1) is 11.9 Å². The molecule has 1 heterocycles. The molecule has 0 fully saturated rings. The Bertz CT molecular complexity index is 520. The van der Waals surface area contributed by atoms with E-state index in [0.717, 1.165) is 5.56 Å². The van der Waals surface area contributed by atoms with Crippen LogP contribution in [-0.4, -0.2) is 10.2 Å². The van der Waals surface area contributed by atoms with Crippen LogP contribution in [0.25, 0.3) is 11.3 Å². The summed E-state index contributed by atoms with van der Waals surface area (Å²) >= 11 is 0. The maximum Gasteiger partial charge on any atom is 0.153 e. The van der Waals surface area contributed by atoms with Crippen molar-refractivity contribution in [2.24, 2.45) is 5.18 Å². The van der Waals surface area contributed by atoms with Gasteiger partial charge in [0.1, 0.15) is 0 Å². The Morgan fingerprint density at radius 1 is 1.18 bits per heavy atom. The molecule has 0 bridgehead atoms. The van der Waals surface area contributed by atoms with Crippen LogP contribution in [-0.2, 0) is 5.41 Å². The molecule has 1 aromatic heterocycles. The van der Waals surface area contributed by atoms with Crippen molar-refractivity contribution in [1.29, 1.82) is 0 Å². The van der Waals surface area contributed by atoms with Crippen LogP contribution >= 0.6 is 0 Å². The molecule has 4 nitrogen and oxygen atoms in total. The molecule has 0 spiro atoms. The molecule has 2 aromatic rings. The Morgan fingerprint density at radius 3 is 2.35 bits per heavy atom. The number of hydrogen-bond donors (Lipinski definition) is 1. The molecule has 2 rings (SSSR count). The zero-order valence-corrected chi connectivity index (χ0v) is 10.2. The molecule has 0 saturated heterocycles. The minimum absolute atomic E-state index is 0.123. The summed E-state index contributed by atoms with van der Waals surface area (Å²) in [4.78, 5) is 10.6. The van der Waals surface area contributed by atoms with E-state index in [0.29, 0.717) is 11.4 Å². The van der Waals surface area contributed by atoms with Crippen LogP contribution in [0.15, 0.2) is 35.6 Å². The third-order valence-electron chi connectivity index (χ3n) is 2.76. The van der Waals surface area contributed by atoms with E-state index >= 15 is 0 Å². The lowest BCUT2D eigenvalue weighted by molar-refractivity contribution is 0.590. The second-order valence-corrected chi connectivity index (χ2v) is 5.05. The third kappa shape index (κ3) is 2.25. The van der Waals surface area contributed by atoms with Crippen molar-refractivity contribution >= 4 is 5.69 Å². The number of nitroso groups, excluding NO2 is 1. The van der Waals surface area contributed by atoms with Crippen LogP contribution in [0, 0.1) is 4.91 Å². The highest BCUT2D eigenvalue weighted by molar-refractivity contribution is 5.71. The fraction of sp³-hybridized carbons (Fsp3) is 0.308. The Labute approximate surface area is 100 Å². The fourth-order valence-corrected chi connectivity index (χ4v) is 1.70. The molecule has 0 aliphatic carbocycles. The standard InChI is InChI=1S/C13H15N3O/c1-13(2,3)10-6-4-9(5-7-10)12-11(16-17)8-14-15-12/h4-8H,1-3H3,(H,14,15). The molecule has 0 atom stereocenters. The van der Waals surface area contributed by atoms with E-state index in [1.807, 2.05) is 12.1 Å². The van der Waals surface area contributed by atoms with Crippen LogP contribution in [0.1, 0.15) is 26.3 Å². The van der Waals surface area contributed by atoms with Crippen LogP contribution in [0.4, 0.5) is 5.69 Å². The second-order valence-electron chi connectivity index (χ2n) is 5.05. The van der Waals surface area contributed by atoms with E-state index in [4.69, 9.17) is 0 Å². The quantitative estimate of drug-likeness (QED) is 0.797. The van der Waals surface area contributed by atoms with Gasteiger partial charge in [-0.1, -0.05) is 45.0 Å². The Hall–Kier alpha value is -1.97. The zero-order chi connectivity index (χ0) is 12.5. The summed E-state index contributed by atoms with van der Waals surface area (Å²) in [7, 11) is 0. The highest BCUT2D eigenvalue weighted by Crippen LogP contribution is 2.29. The Morgan fingerprint density at radius 2 is 1.82 bits per heavy atom. The lowest BCUT2D eigenvalue weighted by Gasteiger charge is -2.18. The van der Waals surface area contributed by atoms with Gasteiger partial charge in [-0.25, -0.2) is 0 Å². The van der Waals surface area contributed by atoms with Crippen molar-refractivity contribution in [3.8, 4) is 11.3 Å². The average molecular weight is 229 g/mol. The molecule has 88 valence electrons. The van der Waals surface area contributed by atoms with E-state index in [-0.39, 0.29) is 5.41 Å². The van der Waals surface area contributed by atoms with Gasteiger partial charge in [-0.15, -0.1) is 4.91 Å². The summed E-state index contributed by atoms with van der Waals surface area (Å²) in [6.45, 7) is 6.49. The van der Waals surface area contributed by atoms with Crippen LogP contribution in [0.2, 0.25) is 0 Å². The first kappa shape index (κ1) is 11.5. The van der Waals surface area contributed by atoms with E-state index in [1.54, 1.807) is 0 Å². The molecule has 0 saturated carbocycles. The number of nitrogens with one attached hydrogen (secondary N) is 1. The van der Waals surface area contributed by atoms with Crippen LogP contribution in [0.3, 0.4) is 0 Å². The number of hydrogen-bond acceptors (Lipinski definition) is 3. The van der Waals surface area contributed by atoms with Gasteiger partial charge in [-0.3, -0.25) is 5.10 Å². The summed E-state index contributed by atoms with van der Waals surface area (Å²) in [5.74, 6) is 0. The minimum atomic E-state index is 0.123. The number of aromatic amines is 1. The molecule has 17 heavy (non-hydrogen) atoms. The maximum atomic E-state index is 10.6. The highest BCUT2D eigenvalue weighted by Gasteiger charge is 2.14. The van der Waals surface area contributed by atoms with Gasteiger partial charge in [0, 0.05) is 5.56 Å². The monoisotopic (exact) mass is 229 g/mol. The lowest BCUT2D eigenvalue weighted by Crippen LogP contribution is -2.10. The number of aromatic nitrogens is 2. The van der Waals surface area contributed by atoms with Crippen molar-refractivity contribution in [1.82, 2.24) is 10.2 Å². The lowest BCUT2D eigenvalue weighted by atomic mass is 9.86. The molecule has 0 radical (unpaired) electrons. The number of nitrogens with zero attached hydrogens (tertiary/aromatic N) is 2. The van der Waals surface area contributed by atoms with Crippen molar-refractivity contribution in [2.75, 3.05) is 0 Å². The molecular formula is C13H15N3O. The van der Waals surface area contributed by atoms with Gasteiger partial charge in [0.2, 0.25) is 0 Å². The highest BCUT2D eigenvalue weighted by atomic mass is 16.3. The predicted octanol–water partition coefficient (Wildman–Crippen LogP) is 3.77. The second kappa shape index (κ2) is 4.13. The first-order valence-electron chi connectivity index (χ1n) is 5.50. The molecule has 1 N–H and O–H groups in total. The number of H-pyrrole nitrogens is 1. The molecule has 0 unspecified atom stereocenters. The SMILES string of the molecule is CC(C)(C)c1ccc(-c2[nH]ncc2N=O)cc1. The Kier molecular flexibility index (Phi) is 2.79. The van der Waals surface area contributed by atoms with Crippen molar-refractivity contribution < 1.29 is 0 Å². The number of benzene rings is 1. The van der Waals surface area contributed by atoms with Gasteiger partial charge < -0.3 is 0 Å². The molecule has 4 heteroatoms.